The minimum Gasteiger partial charge on any atom is -0.507 e. The number of benzene rings is 4. The van der Waals surface area contributed by atoms with Crippen molar-refractivity contribution in [1.82, 2.24) is 10.2 Å². The number of aryl methyl sites for hydroxylation is 2. The van der Waals surface area contributed by atoms with Crippen LogP contribution in [-0.2, 0) is 21.9 Å². The number of rotatable bonds is 9. The van der Waals surface area contributed by atoms with E-state index in [4.69, 9.17) is 4.74 Å². The van der Waals surface area contributed by atoms with Crippen LogP contribution in [0.1, 0.15) is 39.4 Å². The summed E-state index contributed by atoms with van der Waals surface area (Å²) in [6.07, 6.45) is 0. The third-order valence-corrected chi connectivity index (χ3v) is 9.39. The number of aromatic nitrogens is 2. The summed E-state index contributed by atoms with van der Waals surface area (Å²) in [6.45, 7) is 4.40. The summed E-state index contributed by atoms with van der Waals surface area (Å²) < 4.78 is 6.61. The fourth-order valence-electron chi connectivity index (χ4n) is 5.00. The number of ether oxygens (including phenoxy) is 1. The topological polar surface area (TPSA) is 92.6 Å². The predicted octanol–water partition coefficient (Wildman–Crippen LogP) is 7.65. The van der Waals surface area contributed by atoms with Gasteiger partial charge in [0.1, 0.15) is 18.1 Å². The van der Waals surface area contributed by atoms with E-state index < -0.39 is 17.7 Å². The Bertz CT molecular complexity index is 1830. The van der Waals surface area contributed by atoms with Crippen molar-refractivity contribution in [3.8, 4) is 5.75 Å². The van der Waals surface area contributed by atoms with Crippen molar-refractivity contribution < 1.29 is 19.4 Å². The largest absolute Gasteiger partial charge is 0.507 e. The van der Waals surface area contributed by atoms with Crippen molar-refractivity contribution in [2.45, 2.75) is 36.6 Å². The van der Waals surface area contributed by atoms with Gasteiger partial charge in [-0.3, -0.25) is 14.5 Å². The lowest BCUT2D eigenvalue weighted by atomic mass is 9.95. The van der Waals surface area contributed by atoms with E-state index in [0.717, 1.165) is 22.3 Å². The second-order valence-electron chi connectivity index (χ2n) is 10.5. The number of anilines is 1. The molecule has 1 amide bonds. The zero-order valence-electron chi connectivity index (χ0n) is 24.1. The van der Waals surface area contributed by atoms with Gasteiger partial charge in [0, 0.05) is 11.3 Å². The highest BCUT2D eigenvalue weighted by molar-refractivity contribution is 8.00. The number of amides is 1. The molecule has 1 fully saturated rings. The number of thioether (sulfide) groups is 1. The molecule has 1 saturated heterocycles. The van der Waals surface area contributed by atoms with E-state index >= 15 is 0 Å². The van der Waals surface area contributed by atoms with Crippen LogP contribution in [0.25, 0.3) is 5.76 Å². The van der Waals surface area contributed by atoms with Crippen molar-refractivity contribution in [3.63, 3.8) is 0 Å². The molecule has 1 aliphatic heterocycles. The maximum atomic E-state index is 13.5. The monoisotopic (exact) mass is 619 g/mol. The molecule has 0 spiro atoms. The molecule has 7 nitrogen and oxygen atoms in total. The van der Waals surface area contributed by atoms with Crippen LogP contribution in [0.5, 0.6) is 5.75 Å². The fraction of sp³-hybridized carbons (Fsp3) is 0.143. The Balaban J connectivity index is 1.30. The van der Waals surface area contributed by atoms with Crippen molar-refractivity contribution in [3.05, 3.63) is 142 Å². The SMILES string of the molecule is Cc1ccc(C2/C(=C(\O)c3ccc(OCc4cccc(C)c4)cc3)C(=O)C(=O)N2c2nnc(SCc3ccccc3)s2)cc1. The number of hydrogen-bond acceptors (Lipinski definition) is 8. The molecule has 5 aromatic rings. The Morgan fingerprint density at radius 3 is 2.32 bits per heavy atom. The molecule has 4 aromatic carbocycles. The summed E-state index contributed by atoms with van der Waals surface area (Å²) in [6, 6.07) is 31.6. The molecule has 1 atom stereocenters. The van der Waals surface area contributed by atoms with Crippen LogP contribution in [0, 0.1) is 13.8 Å². The van der Waals surface area contributed by atoms with E-state index in [2.05, 4.69) is 16.3 Å². The van der Waals surface area contributed by atoms with Gasteiger partial charge in [-0.1, -0.05) is 113 Å². The first kappa shape index (κ1) is 29.3. The van der Waals surface area contributed by atoms with Crippen LogP contribution in [0.4, 0.5) is 5.13 Å². The zero-order chi connectivity index (χ0) is 30.6. The summed E-state index contributed by atoms with van der Waals surface area (Å²) >= 11 is 2.76. The number of nitrogens with zero attached hydrogens (tertiary/aromatic N) is 3. The van der Waals surface area contributed by atoms with Crippen LogP contribution in [0.15, 0.2) is 113 Å². The van der Waals surface area contributed by atoms with Crippen LogP contribution < -0.4 is 9.64 Å². The van der Waals surface area contributed by atoms with Gasteiger partial charge in [0.05, 0.1) is 11.6 Å². The minimum atomic E-state index is -0.868. The van der Waals surface area contributed by atoms with Gasteiger partial charge in [-0.05, 0) is 54.8 Å². The highest BCUT2D eigenvalue weighted by atomic mass is 32.2. The smallest absolute Gasteiger partial charge is 0.301 e. The Hall–Kier alpha value is -4.73. The Labute approximate surface area is 263 Å². The van der Waals surface area contributed by atoms with E-state index in [0.29, 0.717) is 38.7 Å². The van der Waals surface area contributed by atoms with Crippen molar-refractivity contribution in [2.24, 2.45) is 0 Å². The molecule has 1 aliphatic rings. The van der Waals surface area contributed by atoms with Crippen LogP contribution in [0.3, 0.4) is 0 Å². The number of ketones is 1. The van der Waals surface area contributed by atoms with Gasteiger partial charge < -0.3 is 9.84 Å². The first-order valence-electron chi connectivity index (χ1n) is 14.0. The van der Waals surface area contributed by atoms with Gasteiger partial charge in [-0.25, -0.2) is 0 Å². The van der Waals surface area contributed by atoms with Gasteiger partial charge in [-0.2, -0.15) is 0 Å². The van der Waals surface area contributed by atoms with E-state index in [1.807, 2.05) is 86.6 Å². The zero-order valence-corrected chi connectivity index (χ0v) is 25.8. The second-order valence-corrected chi connectivity index (χ2v) is 12.7. The van der Waals surface area contributed by atoms with Crippen LogP contribution >= 0.6 is 23.1 Å². The summed E-state index contributed by atoms with van der Waals surface area (Å²) in [4.78, 5) is 28.4. The molecule has 0 radical (unpaired) electrons. The molecule has 1 aromatic heterocycles. The maximum Gasteiger partial charge on any atom is 0.301 e. The molecule has 0 aliphatic carbocycles. The first-order valence-corrected chi connectivity index (χ1v) is 15.8. The van der Waals surface area contributed by atoms with Crippen molar-refractivity contribution in [1.29, 1.82) is 0 Å². The number of Topliss-reactive ketones (excluding diaryl/α,β-unsaturated/α-hetero) is 1. The molecule has 6 rings (SSSR count). The van der Waals surface area contributed by atoms with Crippen molar-refractivity contribution >= 4 is 45.7 Å². The lowest BCUT2D eigenvalue weighted by Crippen LogP contribution is -2.29. The molecule has 0 saturated carbocycles. The van der Waals surface area contributed by atoms with Crippen LogP contribution in [-0.4, -0.2) is 27.0 Å². The average molecular weight is 620 g/mol. The van der Waals surface area contributed by atoms with Gasteiger partial charge in [0.2, 0.25) is 5.13 Å². The number of hydrogen-bond donors (Lipinski definition) is 1. The molecule has 1 unspecified atom stereocenters. The molecule has 220 valence electrons. The van der Waals surface area contributed by atoms with Crippen molar-refractivity contribution in [2.75, 3.05) is 4.90 Å². The highest BCUT2D eigenvalue weighted by Gasteiger charge is 2.48. The molecular weight excluding hydrogens is 591 g/mol. The summed E-state index contributed by atoms with van der Waals surface area (Å²) in [5.74, 6) is -0.481. The first-order chi connectivity index (χ1) is 21.4. The Morgan fingerprint density at radius 2 is 1.59 bits per heavy atom. The predicted molar refractivity (Wildman–Crippen MR) is 174 cm³/mol. The second kappa shape index (κ2) is 12.9. The average Bonchev–Trinajstić information content (AvgIpc) is 3.61. The normalized spacial score (nSPS) is 16.0. The minimum absolute atomic E-state index is 0.000899. The van der Waals surface area contributed by atoms with Gasteiger partial charge in [0.25, 0.3) is 5.78 Å². The quantitative estimate of drug-likeness (QED) is 0.0596. The molecule has 9 heteroatoms. The third kappa shape index (κ3) is 6.29. The number of carbonyl (C=O) groups is 2. The van der Waals surface area contributed by atoms with Gasteiger partial charge >= 0.3 is 5.91 Å². The standard InChI is InChI=1S/C35H29N3O4S2/c1-22-11-13-26(14-12-22)30-29(31(39)27-15-17-28(18-16-27)42-20-25-10-6-7-23(2)19-25)32(40)33(41)38(30)34-36-37-35(44-34)43-21-24-8-4-3-5-9-24/h3-19,30,39H,20-21H2,1-2H3/b31-29+. The molecule has 2 heterocycles. The number of aliphatic hydroxyl groups excluding tert-OH is 1. The Kier molecular flexibility index (Phi) is 8.58. The maximum absolute atomic E-state index is 13.5. The number of aliphatic hydroxyl groups is 1. The Morgan fingerprint density at radius 1 is 0.864 bits per heavy atom. The van der Waals surface area contributed by atoms with Crippen LogP contribution in [0.2, 0.25) is 0 Å². The molecule has 1 N–H and O–H groups in total. The molecular formula is C35H29N3O4S2. The van der Waals surface area contributed by atoms with E-state index in [9.17, 15) is 14.7 Å². The number of carbonyl (C=O) groups excluding carboxylic acids is 2. The van der Waals surface area contributed by atoms with Gasteiger partial charge in [-0.15, -0.1) is 10.2 Å². The van der Waals surface area contributed by atoms with E-state index in [1.165, 1.54) is 28.0 Å². The summed E-state index contributed by atoms with van der Waals surface area (Å²) in [5.41, 5.74) is 5.46. The summed E-state index contributed by atoms with van der Waals surface area (Å²) in [5, 5.41) is 20.4. The molecule has 0 bridgehead atoms. The molecule has 44 heavy (non-hydrogen) atoms. The lowest BCUT2D eigenvalue weighted by molar-refractivity contribution is -0.132. The van der Waals surface area contributed by atoms with E-state index in [1.54, 1.807) is 24.3 Å². The summed E-state index contributed by atoms with van der Waals surface area (Å²) in [7, 11) is 0. The highest BCUT2D eigenvalue weighted by Crippen LogP contribution is 2.44. The van der Waals surface area contributed by atoms with Gasteiger partial charge in [0.15, 0.2) is 4.34 Å². The lowest BCUT2D eigenvalue weighted by Gasteiger charge is -2.22. The fourth-order valence-corrected chi connectivity index (χ4v) is 6.83. The third-order valence-electron chi connectivity index (χ3n) is 7.26. The van der Waals surface area contributed by atoms with E-state index in [-0.39, 0.29) is 11.3 Å².